The van der Waals surface area contributed by atoms with Gasteiger partial charge in [-0.1, -0.05) is 0 Å². The van der Waals surface area contributed by atoms with Crippen molar-refractivity contribution in [1.29, 1.82) is 0 Å². The van der Waals surface area contributed by atoms with E-state index in [0.717, 1.165) is 18.2 Å². The topological polar surface area (TPSA) is 68.3 Å². The third-order valence-corrected chi connectivity index (χ3v) is 2.56. The predicted molar refractivity (Wildman–Crippen MR) is 57.9 cm³/mol. The van der Waals surface area contributed by atoms with Gasteiger partial charge in [0.15, 0.2) is 5.13 Å². The summed E-state index contributed by atoms with van der Waals surface area (Å²) < 4.78 is 0. The predicted octanol–water partition coefficient (Wildman–Crippen LogP) is -3.59. The van der Waals surface area contributed by atoms with E-state index in [0.29, 0.717) is 5.69 Å². The minimum absolute atomic E-state index is 0. The van der Waals surface area contributed by atoms with E-state index in [-0.39, 0.29) is 25.3 Å². The molecule has 0 spiro atoms. The van der Waals surface area contributed by atoms with Crippen molar-refractivity contribution in [2.45, 2.75) is 6.42 Å². The first-order valence-corrected chi connectivity index (χ1v) is 5.48. The van der Waals surface area contributed by atoms with E-state index in [9.17, 15) is 9.90 Å². The van der Waals surface area contributed by atoms with Gasteiger partial charge in [-0.15, -0.1) is 11.3 Å². The van der Waals surface area contributed by atoms with E-state index in [1.165, 1.54) is 11.3 Å². The number of carboxylic acids is 1. The Morgan fingerprint density at radius 3 is 2.88 bits per heavy atom. The summed E-state index contributed by atoms with van der Waals surface area (Å²) in [6.45, 7) is 1.71. The summed E-state index contributed by atoms with van der Waals surface area (Å²) in [4.78, 5) is 16.5. The second-order valence-corrected chi connectivity index (χ2v) is 4.28. The largest absolute Gasteiger partial charge is 1.00 e. The summed E-state index contributed by atoms with van der Waals surface area (Å²) in [5.74, 6) is -1.10. The van der Waals surface area contributed by atoms with Crippen LogP contribution in [0.5, 0.6) is 0 Å². The summed E-state index contributed by atoms with van der Waals surface area (Å²) in [6.07, 6.45) is -0.119. The van der Waals surface area contributed by atoms with Crippen molar-refractivity contribution in [3.8, 4) is 0 Å². The SMILES string of the molecule is CN(C)CCNc1nc(CC(=O)[O-])cs1.[Li+]. The number of nitrogens with one attached hydrogen (secondary N) is 1. The number of carbonyl (C=O) groups excluding carboxylic acids is 1. The van der Waals surface area contributed by atoms with Gasteiger partial charge in [0.1, 0.15) is 0 Å². The molecule has 0 atom stereocenters. The number of aliphatic carboxylic acids is 1. The second-order valence-electron chi connectivity index (χ2n) is 3.42. The molecule has 0 bridgehead atoms. The summed E-state index contributed by atoms with van der Waals surface area (Å²) in [6, 6.07) is 0. The summed E-state index contributed by atoms with van der Waals surface area (Å²) in [5, 5.41) is 15.9. The first kappa shape index (κ1) is 15.5. The van der Waals surface area contributed by atoms with Gasteiger partial charge in [0.25, 0.3) is 0 Å². The van der Waals surface area contributed by atoms with Crippen LogP contribution in [0, 0.1) is 0 Å². The zero-order chi connectivity index (χ0) is 11.3. The molecule has 1 rings (SSSR count). The number of nitrogens with zero attached hydrogens (tertiary/aromatic N) is 2. The minimum Gasteiger partial charge on any atom is -0.550 e. The molecule has 0 aliphatic heterocycles. The Kier molecular flexibility index (Phi) is 7.42. The molecule has 1 aromatic heterocycles. The molecule has 0 aliphatic rings. The van der Waals surface area contributed by atoms with Crippen LogP contribution in [0.15, 0.2) is 5.38 Å². The monoisotopic (exact) mass is 235 g/mol. The van der Waals surface area contributed by atoms with Crippen molar-refractivity contribution < 1.29 is 28.8 Å². The van der Waals surface area contributed by atoms with Crippen LogP contribution in [-0.2, 0) is 11.2 Å². The molecule has 1 N–H and O–H groups in total. The fraction of sp³-hybridized carbons (Fsp3) is 0.556. The maximum atomic E-state index is 10.3. The fourth-order valence-electron chi connectivity index (χ4n) is 1.00. The molecule has 0 radical (unpaired) electrons. The van der Waals surface area contributed by atoms with E-state index in [1.54, 1.807) is 5.38 Å². The van der Waals surface area contributed by atoms with Crippen LogP contribution in [0.25, 0.3) is 0 Å². The first-order valence-electron chi connectivity index (χ1n) is 4.61. The van der Waals surface area contributed by atoms with Gasteiger partial charge in [-0.2, -0.15) is 0 Å². The molecule has 0 aliphatic carbocycles. The van der Waals surface area contributed by atoms with Crippen LogP contribution >= 0.6 is 11.3 Å². The summed E-state index contributed by atoms with van der Waals surface area (Å²) in [7, 11) is 3.98. The van der Waals surface area contributed by atoms with Crippen LogP contribution < -0.4 is 29.3 Å². The standard InChI is InChI=1S/C9H15N3O2S.Li/c1-12(2)4-3-10-9-11-7(6-15-9)5-8(13)14;/h6H,3-5H2,1-2H3,(H,10,11)(H,13,14);/q;+1/p-1. The number of thiazole rings is 1. The smallest absolute Gasteiger partial charge is 0.550 e. The number of aromatic nitrogens is 1. The van der Waals surface area contributed by atoms with Crippen molar-refractivity contribution in [3.05, 3.63) is 11.1 Å². The molecule has 84 valence electrons. The molecule has 1 heterocycles. The molecule has 0 fully saturated rings. The molecule has 0 unspecified atom stereocenters. The molecule has 1 aromatic rings. The molecule has 5 nitrogen and oxygen atoms in total. The van der Waals surface area contributed by atoms with Crippen LogP contribution in [0.4, 0.5) is 5.13 Å². The van der Waals surface area contributed by atoms with Gasteiger partial charge in [0.2, 0.25) is 0 Å². The quantitative estimate of drug-likeness (QED) is 0.516. The zero-order valence-corrected chi connectivity index (χ0v) is 10.6. The Bertz CT molecular complexity index is 330. The molecular formula is C9H14LiN3O2S. The third-order valence-electron chi connectivity index (χ3n) is 1.71. The van der Waals surface area contributed by atoms with Crippen LogP contribution in [-0.4, -0.2) is 43.0 Å². The molecule has 0 amide bonds. The molecular weight excluding hydrogens is 221 g/mol. The maximum absolute atomic E-state index is 10.3. The van der Waals surface area contributed by atoms with Crippen LogP contribution in [0.2, 0.25) is 0 Å². The van der Waals surface area contributed by atoms with Crippen molar-refractivity contribution in [1.82, 2.24) is 9.88 Å². The number of rotatable bonds is 6. The van der Waals surface area contributed by atoms with Gasteiger partial charge >= 0.3 is 18.9 Å². The Balaban J connectivity index is 0.00000225. The second kappa shape index (κ2) is 7.69. The Morgan fingerprint density at radius 1 is 1.62 bits per heavy atom. The van der Waals surface area contributed by atoms with Gasteiger partial charge < -0.3 is 20.1 Å². The Labute approximate surface area is 111 Å². The van der Waals surface area contributed by atoms with Crippen molar-refractivity contribution in [2.75, 3.05) is 32.5 Å². The normalized spacial score (nSPS) is 9.94. The number of carboxylic acid groups (broad SMARTS) is 1. The molecule has 16 heavy (non-hydrogen) atoms. The van der Waals surface area contributed by atoms with E-state index in [4.69, 9.17) is 0 Å². The number of likely N-dealkylation sites (N-methyl/N-ethyl adjacent to an activating group) is 1. The van der Waals surface area contributed by atoms with Crippen molar-refractivity contribution in [2.24, 2.45) is 0 Å². The average Bonchev–Trinajstić information content (AvgIpc) is 2.50. The Hall–Kier alpha value is -0.543. The van der Waals surface area contributed by atoms with Crippen molar-refractivity contribution in [3.63, 3.8) is 0 Å². The number of anilines is 1. The third kappa shape index (κ3) is 6.13. The molecule has 7 heteroatoms. The van der Waals surface area contributed by atoms with E-state index in [1.807, 2.05) is 14.1 Å². The Morgan fingerprint density at radius 2 is 2.31 bits per heavy atom. The number of hydrogen-bond donors (Lipinski definition) is 1. The van der Waals surface area contributed by atoms with E-state index in [2.05, 4.69) is 15.2 Å². The number of carbonyl (C=O) groups is 1. The van der Waals surface area contributed by atoms with Gasteiger partial charge in [0, 0.05) is 30.9 Å². The van der Waals surface area contributed by atoms with Gasteiger partial charge in [0.05, 0.1) is 5.69 Å². The summed E-state index contributed by atoms with van der Waals surface area (Å²) >= 11 is 1.41. The minimum atomic E-state index is -1.10. The first-order chi connectivity index (χ1) is 7.08. The van der Waals surface area contributed by atoms with Gasteiger partial charge in [-0.25, -0.2) is 4.98 Å². The van der Waals surface area contributed by atoms with Crippen molar-refractivity contribution >= 4 is 22.4 Å². The van der Waals surface area contributed by atoms with E-state index >= 15 is 0 Å². The van der Waals surface area contributed by atoms with Gasteiger partial charge in [-0.05, 0) is 14.1 Å². The molecule has 0 saturated heterocycles. The van der Waals surface area contributed by atoms with Gasteiger partial charge in [-0.3, -0.25) is 0 Å². The van der Waals surface area contributed by atoms with Crippen LogP contribution in [0.3, 0.4) is 0 Å². The molecule has 0 aromatic carbocycles. The average molecular weight is 235 g/mol. The maximum Gasteiger partial charge on any atom is 1.00 e. The molecule has 0 saturated carbocycles. The summed E-state index contributed by atoms with van der Waals surface area (Å²) in [5.41, 5.74) is 0.548. The van der Waals surface area contributed by atoms with Crippen LogP contribution in [0.1, 0.15) is 5.69 Å². The van der Waals surface area contributed by atoms with E-state index < -0.39 is 5.97 Å². The fourth-order valence-corrected chi connectivity index (χ4v) is 1.74. The number of hydrogen-bond acceptors (Lipinski definition) is 6. The zero-order valence-electron chi connectivity index (χ0n) is 9.82.